The van der Waals surface area contributed by atoms with Crippen molar-refractivity contribution in [2.24, 2.45) is 5.73 Å². The van der Waals surface area contributed by atoms with Crippen molar-refractivity contribution >= 4 is 11.8 Å². The lowest BCUT2D eigenvalue weighted by molar-refractivity contribution is -0.135. The first-order chi connectivity index (χ1) is 12.0. The van der Waals surface area contributed by atoms with Gasteiger partial charge in [0, 0.05) is 18.5 Å². The summed E-state index contributed by atoms with van der Waals surface area (Å²) < 4.78 is 5.16. The first-order valence-corrected chi connectivity index (χ1v) is 8.53. The minimum Gasteiger partial charge on any atom is -0.364 e. The summed E-state index contributed by atoms with van der Waals surface area (Å²) in [7, 11) is 0. The molecule has 3 N–H and O–H groups in total. The van der Waals surface area contributed by atoms with Crippen molar-refractivity contribution in [1.29, 1.82) is 0 Å². The van der Waals surface area contributed by atoms with Gasteiger partial charge in [0.25, 0.3) is 5.91 Å². The lowest BCUT2D eigenvalue weighted by atomic mass is 9.98. The summed E-state index contributed by atoms with van der Waals surface area (Å²) in [5.41, 5.74) is 8.06. The normalized spacial score (nSPS) is 17.7. The molecule has 1 aliphatic heterocycles. The molecular formula is C17H23N5O3. The largest absolute Gasteiger partial charge is 0.364 e. The molecule has 0 radical (unpaired) electrons. The van der Waals surface area contributed by atoms with Gasteiger partial charge in [-0.15, -0.1) is 0 Å². The van der Waals surface area contributed by atoms with Crippen LogP contribution in [-0.2, 0) is 11.2 Å². The van der Waals surface area contributed by atoms with E-state index in [1.165, 1.54) is 0 Å². The van der Waals surface area contributed by atoms with Crippen LogP contribution in [0.5, 0.6) is 0 Å². The minimum atomic E-state index is -0.574. The van der Waals surface area contributed by atoms with Crippen LogP contribution in [0.3, 0.4) is 0 Å². The van der Waals surface area contributed by atoms with Crippen LogP contribution in [0.1, 0.15) is 64.9 Å². The van der Waals surface area contributed by atoms with E-state index in [0.29, 0.717) is 19.4 Å². The van der Waals surface area contributed by atoms with E-state index < -0.39 is 5.91 Å². The van der Waals surface area contributed by atoms with Gasteiger partial charge < -0.3 is 15.2 Å². The summed E-state index contributed by atoms with van der Waals surface area (Å²) in [6.07, 6.45) is 3.86. The third-order valence-electron chi connectivity index (χ3n) is 4.80. The molecule has 2 amide bonds. The first-order valence-electron chi connectivity index (χ1n) is 8.53. The number of amides is 2. The lowest BCUT2D eigenvalue weighted by Gasteiger charge is -2.35. The molecule has 0 aromatic carbocycles. The van der Waals surface area contributed by atoms with Crippen molar-refractivity contribution in [1.82, 2.24) is 20.3 Å². The van der Waals surface area contributed by atoms with Gasteiger partial charge in [-0.2, -0.15) is 5.10 Å². The number of rotatable bonds is 5. The number of hydrogen-bond donors (Lipinski definition) is 2. The Labute approximate surface area is 145 Å². The Morgan fingerprint density at radius 2 is 2.20 bits per heavy atom. The number of nitrogens with one attached hydrogen (secondary N) is 1. The Balaban J connectivity index is 1.71. The number of aryl methyl sites for hydroxylation is 2. The van der Waals surface area contributed by atoms with Crippen molar-refractivity contribution in [2.45, 2.75) is 52.0 Å². The molecule has 1 aliphatic rings. The van der Waals surface area contributed by atoms with E-state index in [9.17, 15) is 9.59 Å². The SMILES string of the molecule is Cc1noc(C)c1CCC(=O)N1CCCC[C@H]1c1cc(C(N)=O)n[nH]1. The molecule has 0 aliphatic carbocycles. The molecule has 25 heavy (non-hydrogen) atoms. The molecule has 1 atom stereocenters. The zero-order valence-electron chi connectivity index (χ0n) is 14.5. The van der Waals surface area contributed by atoms with Gasteiger partial charge in [0.05, 0.1) is 17.4 Å². The van der Waals surface area contributed by atoms with Gasteiger partial charge in [-0.25, -0.2) is 0 Å². The Hall–Kier alpha value is -2.64. The van der Waals surface area contributed by atoms with Crippen molar-refractivity contribution in [3.8, 4) is 0 Å². The maximum Gasteiger partial charge on any atom is 0.269 e. The lowest BCUT2D eigenvalue weighted by Crippen LogP contribution is -2.38. The number of likely N-dealkylation sites (tertiary alicyclic amines) is 1. The first kappa shape index (κ1) is 17.2. The van der Waals surface area contributed by atoms with Crippen LogP contribution >= 0.6 is 0 Å². The molecule has 1 saturated heterocycles. The van der Waals surface area contributed by atoms with E-state index >= 15 is 0 Å². The Kier molecular flexibility index (Phi) is 4.87. The van der Waals surface area contributed by atoms with Gasteiger partial charge in [0.2, 0.25) is 5.91 Å². The molecule has 1 fully saturated rings. The number of carbonyl (C=O) groups excluding carboxylic acids is 2. The molecule has 2 aromatic rings. The highest BCUT2D eigenvalue weighted by Crippen LogP contribution is 2.31. The van der Waals surface area contributed by atoms with Crippen molar-refractivity contribution in [2.75, 3.05) is 6.54 Å². The van der Waals surface area contributed by atoms with Gasteiger partial charge in [0.15, 0.2) is 0 Å². The van der Waals surface area contributed by atoms with E-state index in [1.807, 2.05) is 18.7 Å². The van der Waals surface area contributed by atoms with Gasteiger partial charge >= 0.3 is 0 Å². The zero-order valence-corrected chi connectivity index (χ0v) is 14.5. The van der Waals surface area contributed by atoms with Crippen LogP contribution in [-0.4, -0.2) is 38.6 Å². The summed E-state index contributed by atoms with van der Waals surface area (Å²) in [5, 5.41) is 10.7. The highest BCUT2D eigenvalue weighted by molar-refractivity contribution is 5.90. The molecule has 0 saturated carbocycles. The molecule has 3 heterocycles. The maximum absolute atomic E-state index is 12.8. The number of aromatic nitrogens is 3. The molecule has 0 unspecified atom stereocenters. The number of H-pyrrole nitrogens is 1. The summed E-state index contributed by atoms with van der Waals surface area (Å²) in [6, 6.07) is 1.55. The average molecular weight is 345 g/mol. The number of hydrogen-bond acceptors (Lipinski definition) is 5. The summed E-state index contributed by atoms with van der Waals surface area (Å²) in [4.78, 5) is 25.9. The fourth-order valence-electron chi connectivity index (χ4n) is 3.42. The second-order valence-corrected chi connectivity index (χ2v) is 6.47. The number of primary amides is 1. The molecule has 3 rings (SSSR count). The van der Waals surface area contributed by atoms with Crippen LogP contribution in [0.15, 0.2) is 10.6 Å². The minimum absolute atomic E-state index is 0.0833. The zero-order chi connectivity index (χ0) is 18.0. The fraction of sp³-hybridized carbons (Fsp3) is 0.529. The third kappa shape index (κ3) is 3.57. The molecule has 2 aromatic heterocycles. The quantitative estimate of drug-likeness (QED) is 0.856. The average Bonchev–Trinajstić information content (AvgIpc) is 3.21. The molecule has 8 heteroatoms. The number of piperidine rings is 1. The third-order valence-corrected chi connectivity index (χ3v) is 4.80. The van der Waals surface area contributed by atoms with Gasteiger partial charge in [-0.1, -0.05) is 5.16 Å². The molecule has 0 spiro atoms. The monoisotopic (exact) mass is 345 g/mol. The van der Waals surface area contributed by atoms with Gasteiger partial charge in [0.1, 0.15) is 11.5 Å². The van der Waals surface area contributed by atoms with Crippen LogP contribution in [0.4, 0.5) is 0 Å². The molecule has 8 nitrogen and oxygen atoms in total. The number of aromatic amines is 1. The Bertz CT molecular complexity index is 760. The highest BCUT2D eigenvalue weighted by atomic mass is 16.5. The van der Waals surface area contributed by atoms with E-state index in [0.717, 1.165) is 42.0 Å². The predicted molar refractivity (Wildman–Crippen MR) is 89.7 cm³/mol. The highest BCUT2D eigenvalue weighted by Gasteiger charge is 2.29. The van der Waals surface area contributed by atoms with Crippen LogP contribution < -0.4 is 5.73 Å². The van der Waals surface area contributed by atoms with E-state index in [1.54, 1.807) is 6.07 Å². The molecular weight excluding hydrogens is 322 g/mol. The smallest absolute Gasteiger partial charge is 0.269 e. The van der Waals surface area contributed by atoms with E-state index in [2.05, 4.69) is 15.4 Å². The summed E-state index contributed by atoms with van der Waals surface area (Å²) >= 11 is 0. The van der Waals surface area contributed by atoms with Gasteiger partial charge in [-0.3, -0.25) is 14.7 Å². The number of nitrogens with zero attached hydrogens (tertiary/aromatic N) is 3. The number of carbonyl (C=O) groups is 2. The predicted octanol–water partition coefficient (Wildman–Crippen LogP) is 1.80. The van der Waals surface area contributed by atoms with Crippen LogP contribution in [0.2, 0.25) is 0 Å². The van der Waals surface area contributed by atoms with Crippen LogP contribution in [0.25, 0.3) is 0 Å². The second-order valence-electron chi connectivity index (χ2n) is 6.47. The van der Waals surface area contributed by atoms with E-state index in [4.69, 9.17) is 10.3 Å². The van der Waals surface area contributed by atoms with Crippen LogP contribution in [0, 0.1) is 13.8 Å². The molecule has 0 bridgehead atoms. The summed E-state index contributed by atoms with van der Waals surface area (Å²) in [5.74, 6) is 0.273. The summed E-state index contributed by atoms with van der Waals surface area (Å²) in [6.45, 7) is 4.45. The fourth-order valence-corrected chi connectivity index (χ4v) is 3.42. The van der Waals surface area contributed by atoms with Crippen molar-refractivity contribution in [3.05, 3.63) is 34.5 Å². The number of nitrogens with two attached hydrogens (primary N) is 1. The standard InChI is InChI=1S/C17H23N5O3/c1-10-12(11(2)25-21-10)6-7-16(23)22-8-4-3-5-15(22)13-9-14(17(18)24)20-19-13/h9,15H,3-8H2,1-2H3,(H2,18,24)(H,19,20)/t15-/m0/s1. The Morgan fingerprint density at radius 1 is 1.40 bits per heavy atom. The topological polar surface area (TPSA) is 118 Å². The van der Waals surface area contributed by atoms with Crippen molar-refractivity contribution in [3.63, 3.8) is 0 Å². The van der Waals surface area contributed by atoms with Crippen molar-refractivity contribution < 1.29 is 14.1 Å². The molecule has 134 valence electrons. The maximum atomic E-state index is 12.8. The van der Waals surface area contributed by atoms with E-state index in [-0.39, 0.29) is 17.6 Å². The second kappa shape index (κ2) is 7.08. The van der Waals surface area contributed by atoms with Gasteiger partial charge in [-0.05, 0) is 45.6 Å². The Morgan fingerprint density at radius 3 is 2.84 bits per heavy atom.